The highest BCUT2D eigenvalue weighted by molar-refractivity contribution is 5.77. The molecule has 0 aliphatic carbocycles. The Balaban J connectivity index is 2.46. The predicted molar refractivity (Wildman–Crippen MR) is 68.5 cm³/mol. The standard InChI is InChI=1S/C14H19NO3/c1-8-4-9(2)11(10(3)5-8)12(15)14(13(16)17)6-18-7-14/h4-5,12H,6-7,15H2,1-3H3,(H,16,17). The Morgan fingerprint density at radius 3 is 2.17 bits per heavy atom. The van der Waals surface area contributed by atoms with Crippen LogP contribution < -0.4 is 5.73 Å². The molecular weight excluding hydrogens is 230 g/mol. The van der Waals surface area contributed by atoms with Gasteiger partial charge in [0.05, 0.1) is 19.3 Å². The fourth-order valence-electron chi connectivity index (χ4n) is 2.72. The smallest absolute Gasteiger partial charge is 0.316 e. The molecule has 98 valence electrons. The van der Waals surface area contributed by atoms with Crippen molar-refractivity contribution in [3.05, 3.63) is 34.4 Å². The minimum Gasteiger partial charge on any atom is -0.481 e. The number of benzene rings is 1. The lowest BCUT2D eigenvalue weighted by atomic mass is 9.73. The summed E-state index contributed by atoms with van der Waals surface area (Å²) in [7, 11) is 0. The van der Waals surface area contributed by atoms with Crippen molar-refractivity contribution >= 4 is 5.97 Å². The van der Waals surface area contributed by atoms with Crippen LogP contribution in [0.1, 0.15) is 28.3 Å². The van der Waals surface area contributed by atoms with Crippen molar-refractivity contribution in [2.24, 2.45) is 11.1 Å². The van der Waals surface area contributed by atoms with Crippen molar-refractivity contribution in [2.45, 2.75) is 26.8 Å². The van der Waals surface area contributed by atoms with E-state index in [1.165, 1.54) is 0 Å². The minimum absolute atomic E-state index is 0.191. The molecular formula is C14H19NO3. The lowest BCUT2D eigenvalue weighted by molar-refractivity contribution is -0.184. The van der Waals surface area contributed by atoms with E-state index in [-0.39, 0.29) is 13.2 Å². The molecule has 1 aliphatic heterocycles. The second-order valence-corrected chi connectivity index (χ2v) is 5.24. The van der Waals surface area contributed by atoms with E-state index in [1.807, 2.05) is 32.9 Å². The van der Waals surface area contributed by atoms with Gasteiger partial charge < -0.3 is 15.6 Å². The normalized spacial score (nSPS) is 19.1. The SMILES string of the molecule is Cc1cc(C)c(C(N)C2(C(=O)O)COC2)c(C)c1. The van der Waals surface area contributed by atoms with Crippen LogP contribution in [0.2, 0.25) is 0 Å². The maximum absolute atomic E-state index is 11.4. The molecule has 1 heterocycles. The van der Waals surface area contributed by atoms with Gasteiger partial charge >= 0.3 is 5.97 Å². The van der Waals surface area contributed by atoms with Gasteiger partial charge in [-0.25, -0.2) is 0 Å². The molecule has 1 aromatic rings. The summed E-state index contributed by atoms with van der Waals surface area (Å²) in [4.78, 5) is 11.4. The first kappa shape index (κ1) is 13.1. The summed E-state index contributed by atoms with van der Waals surface area (Å²) in [5.41, 5.74) is 9.46. The monoisotopic (exact) mass is 249 g/mol. The molecule has 2 rings (SSSR count). The highest BCUT2D eigenvalue weighted by Crippen LogP contribution is 2.41. The summed E-state index contributed by atoms with van der Waals surface area (Å²) in [6.07, 6.45) is 0. The average Bonchev–Trinajstić information content (AvgIpc) is 2.12. The quantitative estimate of drug-likeness (QED) is 0.855. The molecule has 18 heavy (non-hydrogen) atoms. The number of nitrogens with two attached hydrogens (primary N) is 1. The molecule has 1 aromatic carbocycles. The Hall–Kier alpha value is -1.39. The van der Waals surface area contributed by atoms with Crippen LogP contribution in [0.15, 0.2) is 12.1 Å². The van der Waals surface area contributed by atoms with Crippen LogP contribution in [0.3, 0.4) is 0 Å². The molecule has 1 fully saturated rings. The summed E-state index contributed by atoms with van der Waals surface area (Å²) in [5.74, 6) is -0.874. The number of hydrogen-bond acceptors (Lipinski definition) is 3. The van der Waals surface area contributed by atoms with Gasteiger partial charge in [0.25, 0.3) is 0 Å². The van der Waals surface area contributed by atoms with E-state index in [2.05, 4.69) is 0 Å². The number of carbonyl (C=O) groups is 1. The Morgan fingerprint density at radius 2 is 1.83 bits per heavy atom. The first-order valence-corrected chi connectivity index (χ1v) is 6.03. The number of hydrogen-bond donors (Lipinski definition) is 2. The number of carboxylic acids is 1. The molecule has 0 radical (unpaired) electrons. The van der Waals surface area contributed by atoms with Gasteiger partial charge in [-0.3, -0.25) is 4.79 Å². The van der Waals surface area contributed by atoms with E-state index < -0.39 is 17.4 Å². The Kier molecular flexibility index (Phi) is 3.17. The summed E-state index contributed by atoms with van der Waals surface area (Å²) in [6, 6.07) is 3.55. The summed E-state index contributed by atoms with van der Waals surface area (Å²) < 4.78 is 5.08. The van der Waals surface area contributed by atoms with Crippen molar-refractivity contribution in [1.29, 1.82) is 0 Å². The van der Waals surface area contributed by atoms with E-state index in [1.54, 1.807) is 0 Å². The molecule has 3 N–H and O–H groups in total. The van der Waals surface area contributed by atoms with E-state index in [9.17, 15) is 9.90 Å². The van der Waals surface area contributed by atoms with Crippen LogP contribution >= 0.6 is 0 Å². The van der Waals surface area contributed by atoms with Crippen LogP contribution in [-0.4, -0.2) is 24.3 Å². The zero-order valence-electron chi connectivity index (χ0n) is 11.0. The Labute approximate surface area is 107 Å². The summed E-state index contributed by atoms with van der Waals surface area (Å²) in [6.45, 7) is 6.36. The van der Waals surface area contributed by atoms with Gasteiger partial charge in [0, 0.05) is 0 Å². The number of carboxylic acid groups (broad SMARTS) is 1. The van der Waals surface area contributed by atoms with Gasteiger partial charge in [-0.1, -0.05) is 17.7 Å². The van der Waals surface area contributed by atoms with Crippen molar-refractivity contribution in [3.8, 4) is 0 Å². The third-order valence-corrected chi connectivity index (χ3v) is 3.79. The third-order valence-electron chi connectivity index (χ3n) is 3.79. The third kappa shape index (κ3) is 1.82. The maximum Gasteiger partial charge on any atom is 0.316 e. The lowest BCUT2D eigenvalue weighted by Crippen LogP contribution is -2.56. The largest absolute Gasteiger partial charge is 0.481 e. The molecule has 1 atom stereocenters. The molecule has 0 saturated carbocycles. The highest BCUT2D eigenvalue weighted by Gasteiger charge is 2.52. The minimum atomic E-state index is -0.967. The van der Waals surface area contributed by atoms with Crippen molar-refractivity contribution in [3.63, 3.8) is 0 Å². The second-order valence-electron chi connectivity index (χ2n) is 5.24. The van der Waals surface area contributed by atoms with Crippen molar-refractivity contribution < 1.29 is 14.6 Å². The number of aliphatic carboxylic acids is 1. The van der Waals surface area contributed by atoms with Gasteiger partial charge in [-0.05, 0) is 37.5 Å². The molecule has 0 bridgehead atoms. The molecule has 1 saturated heterocycles. The molecule has 4 heteroatoms. The van der Waals surface area contributed by atoms with E-state index in [0.29, 0.717) is 0 Å². The number of ether oxygens (including phenoxy) is 1. The second kappa shape index (κ2) is 4.37. The Morgan fingerprint density at radius 1 is 1.33 bits per heavy atom. The lowest BCUT2D eigenvalue weighted by Gasteiger charge is -2.42. The number of rotatable bonds is 3. The first-order chi connectivity index (χ1) is 8.38. The van der Waals surface area contributed by atoms with Crippen molar-refractivity contribution in [2.75, 3.05) is 13.2 Å². The van der Waals surface area contributed by atoms with Gasteiger partial charge in [0.1, 0.15) is 5.41 Å². The van der Waals surface area contributed by atoms with E-state index >= 15 is 0 Å². The molecule has 1 unspecified atom stereocenters. The molecule has 0 spiro atoms. The van der Waals surface area contributed by atoms with E-state index in [4.69, 9.17) is 10.5 Å². The maximum atomic E-state index is 11.4. The van der Waals surface area contributed by atoms with Gasteiger partial charge in [-0.2, -0.15) is 0 Å². The van der Waals surface area contributed by atoms with E-state index in [0.717, 1.165) is 22.3 Å². The van der Waals surface area contributed by atoms with Crippen LogP contribution in [0.5, 0.6) is 0 Å². The summed E-state index contributed by atoms with van der Waals surface area (Å²) >= 11 is 0. The summed E-state index contributed by atoms with van der Waals surface area (Å²) in [5, 5.41) is 9.39. The molecule has 0 aromatic heterocycles. The van der Waals surface area contributed by atoms with Crippen LogP contribution in [0.4, 0.5) is 0 Å². The van der Waals surface area contributed by atoms with Crippen molar-refractivity contribution in [1.82, 2.24) is 0 Å². The molecule has 1 aliphatic rings. The highest BCUT2D eigenvalue weighted by atomic mass is 16.5. The van der Waals surface area contributed by atoms with Gasteiger partial charge in [0.2, 0.25) is 0 Å². The number of aryl methyl sites for hydroxylation is 3. The topological polar surface area (TPSA) is 72.6 Å². The Bertz CT molecular complexity index is 469. The average molecular weight is 249 g/mol. The predicted octanol–water partition coefficient (Wildman–Crippen LogP) is 1.71. The molecule has 4 nitrogen and oxygen atoms in total. The fraction of sp³-hybridized carbons (Fsp3) is 0.500. The zero-order valence-corrected chi connectivity index (χ0v) is 11.0. The first-order valence-electron chi connectivity index (χ1n) is 6.03. The molecule has 0 amide bonds. The fourth-order valence-corrected chi connectivity index (χ4v) is 2.72. The van der Waals surface area contributed by atoms with Crippen LogP contribution in [-0.2, 0) is 9.53 Å². The van der Waals surface area contributed by atoms with Crippen LogP contribution in [0.25, 0.3) is 0 Å². The van der Waals surface area contributed by atoms with Gasteiger partial charge in [-0.15, -0.1) is 0 Å². The zero-order chi connectivity index (χ0) is 13.5. The van der Waals surface area contributed by atoms with Crippen LogP contribution in [0, 0.1) is 26.2 Å². The van der Waals surface area contributed by atoms with Gasteiger partial charge in [0.15, 0.2) is 0 Å².